The summed E-state index contributed by atoms with van der Waals surface area (Å²) < 4.78 is 10.4. The van der Waals surface area contributed by atoms with Crippen LogP contribution in [0.4, 0.5) is 0 Å². The van der Waals surface area contributed by atoms with Gasteiger partial charge in [-0.2, -0.15) is 5.10 Å². The fourth-order valence-corrected chi connectivity index (χ4v) is 1.95. The van der Waals surface area contributed by atoms with Crippen LogP contribution in [-0.2, 0) is 9.59 Å². The summed E-state index contributed by atoms with van der Waals surface area (Å²) in [6.07, 6.45) is 2.85. The molecule has 126 valence electrons. The predicted molar refractivity (Wildman–Crippen MR) is 89.1 cm³/mol. The molecule has 0 aliphatic carbocycles. The lowest BCUT2D eigenvalue weighted by Gasteiger charge is -2.09. The number of carbonyl (C=O) groups is 2. The molecule has 2 aromatic rings. The van der Waals surface area contributed by atoms with Gasteiger partial charge < -0.3 is 14.5 Å². The van der Waals surface area contributed by atoms with Crippen molar-refractivity contribution in [1.82, 2.24) is 10.7 Å². The monoisotopic (exact) mass is 349 g/mol. The Kier molecular flexibility index (Phi) is 6.39. The third kappa shape index (κ3) is 5.77. The SMILES string of the molecule is Cc1cc(Cl)ccc1OCC(=O)NCC(=O)NN=Cc1ccco1. The summed E-state index contributed by atoms with van der Waals surface area (Å²) in [6.45, 7) is 1.41. The average molecular weight is 350 g/mol. The highest BCUT2D eigenvalue weighted by Gasteiger charge is 2.07. The van der Waals surface area contributed by atoms with Crippen LogP contribution in [0.5, 0.6) is 5.75 Å². The topological polar surface area (TPSA) is 92.9 Å². The van der Waals surface area contributed by atoms with E-state index in [2.05, 4.69) is 15.8 Å². The van der Waals surface area contributed by atoms with E-state index in [0.29, 0.717) is 16.5 Å². The van der Waals surface area contributed by atoms with Gasteiger partial charge in [-0.05, 0) is 42.8 Å². The zero-order chi connectivity index (χ0) is 17.4. The quantitative estimate of drug-likeness (QED) is 0.589. The van der Waals surface area contributed by atoms with Crippen LogP contribution < -0.4 is 15.5 Å². The van der Waals surface area contributed by atoms with Crippen molar-refractivity contribution in [3.8, 4) is 5.75 Å². The van der Waals surface area contributed by atoms with Gasteiger partial charge in [-0.25, -0.2) is 5.43 Å². The van der Waals surface area contributed by atoms with Crippen molar-refractivity contribution in [2.45, 2.75) is 6.92 Å². The third-order valence-corrected chi connectivity index (χ3v) is 3.10. The van der Waals surface area contributed by atoms with Gasteiger partial charge in [0.1, 0.15) is 11.5 Å². The first kappa shape index (κ1) is 17.6. The van der Waals surface area contributed by atoms with E-state index in [4.69, 9.17) is 20.8 Å². The highest BCUT2D eigenvalue weighted by atomic mass is 35.5. The number of aryl methyl sites for hydroxylation is 1. The molecule has 2 amide bonds. The molecule has 2 N–H and O–H groups in total. The van der Waals surface area contributed by atoms with Crippen molar-refractivity contribution in [2.24, 2.45) is 5.10 Å². The standard InChI is InChI=1S/C16H16ClN3O4/c1-11-7-12(17)4-5-14(11)24-10-16(22)18-9-15(21)20-19-8-13-3-2-6-23-13/h2-8H,9-10H2,1H3,(H,18,22)(H,20,21). The Bertz CT molecular complexity index is 729. The van der Waals surface area contributed by atoms with Crippen LogP contribution in [-0.4, -0.2) is 31.2 Å². The van der Waals surface area contributed by atoms with Gasteiger partial charge in [-0.1, -0.05) is 11.6 Å². The van der Waals surface area contributed by atoms with Gasteiger partial charge in [0.15, 0.2) is 6.61 Å². The van der Waals surface area contributed by atoms with Crippen LogP contribution in [0.15, 0.2) is 46.1 Å². The van der Waals surface area contributed by atoms with E-state index in [9.17, 15) is 9.59 Å². The van der Waals surface area contributed by atoms with Gasteiger partial charge in [0.2, 0.25) is 0 Å². The highest BCUT2D eigenvalue weighted by molar-refractivity contribution is 6.30. The van der Waals surface area contributed by atoms with Gasteiger partial charge in [0, 0.05) is 5.02 Å². The van der Waals surface area contributed by atoms with E-state index in [-0.39, 0.29) is 13.2 Å². The largest absolute Gasteiger partial charge is 0.484 e. The summed E-state index contributed by atoms with van der Waals surface area (Å²) in [5.74, 6) is 0.177. The first-order valence-corrected chi connectivity index (χ1v) is 7.43. The number of hydrazone groups is 1. The second kappa shape index (κ2) is 8.73. The Hall–Kier alpha value is -2.80. The molecule has 1 heterocycles. The Balaban J connectivity index is 1.68. The molecule has 0 fully saturated rings. The van der Waals surface area contributed by atoms with Crippen molar-refractivity contribution in [3.05, 3.63) is 52.9 Å². The maximum atomic E-state index is 11.7. The van der Waals surface area contributed by atoms with Crippen LogP contribution in [0, 0.1) is 6.92 Å². The van der Waals surface area contributed by atoms with Crippen molar-refractivity contribution >= 4 is 29.6 Å². The van der Waals surface area contributed by atoms with Gasteiger partial charge in [-0.15, -0.1) is 0 Å². The summed E-state index contributed by atoms with van der Waals surface area (Å²) >= 11 is 5.84. The van der Waals surface area contributed by atoms with E-state index >= 15 is 0 Å². The van der Waals surface area contributed by atoms with Gasteiger partial charge in [-0.3, -0.25) is 9.59 Å². The number of hydrogen-bond acceptors (Lipinski definition) is 5. The molecule has 0 unspecified atom stereocenters. The number of benzene rings is 1. The fraction of sp³-hybridized carbons (Fsp3) is 0.188. The Morgan fingerprint density at radius 3 is 2.88 bits per heavy atom. The molecule has 1 aromatic carbocycles. The summed E-state index contributed by atoms with van der Waals surface area (Å²) in [6, 6.07) is 8.48. The van der Waals surface area contributed by atoms with Crippen molar-refractivity contribution in [3.63, 3.8) is 0 Å². The molecule has 0 radical (unpaired) electrons. The number of halogens is 1. The minimum Gasteiger partial charge on any atom is -0.484 e. The number of ether oxygens (including phenoxy) is 1. The highest BCUT2D eigenvalue weighted by Crippen LogP contribution is 2.21. The molecule has 0 aliphatic heterocycles. The number of furan rings is 1. The number of nitrogens with one attached hydrogen (secondary N) is 2. The van der Waals surface area contributed by atoms with E-state index < -0.39 is 11.8 Å². The molecule has 0 bridgehead atoms. The Morgan fingerprint density at radius 1 is 1.33 bits per heavy atom. The van der Waals surface area contributed by atoms with Gasteiger partial charge >= 0.3 is 0 Å². The lowest BCUT2D eigenvalue weighted by Crippen LogP contribution is -2.37. The van der Waals surface area contributed by atoms with E-state index in [1.807, 2.05) is 6.92 Å². The molecular formula is C16H16ClN3O4. The predicted octanol–water partition coefficient (Wildman–Crippen LogP) is 1.89. The molecule has 24 heavy (non-hydrogen) atoms. The molecule has 0 atom stereocenters. The second-order valence-corrected chi connectivity index (χ2v) is 5.22. The van der Waals surface area contributed by atoms with Crippen LogP contribution >= 0.6 is 11.6 Å². The van der Waals surface area contributed by atoms with Crippen LogP contribution in [0.1, 0.15) is 11.3 Å². The molecule has 0 aliphatic rings. The molecule has 0 saturated heterocycles. The van der Waals surface area contributed by atoms with Crippen LogP contribution in [0.2, 0.25) is 5.02 Å². The van der Waals surface area contributed by atoms with Crippen molar-refractivity contribution in [2.75, 3.05) is 13.2 Å². The third-order valence-electron chi connectivity index (χ3n) is 2.87. The summed E-state index contributed by atoms with van der Waals surface area (Å²) in [5.41, 5.74) is 3.09. The Labute approximate surface area is 143 Å². The lowest BCUT2D eigenvalue weighted by atomic mass is 10.2. The summed E-state index contributed by atoms with van der Waals surface area (Å²) in [7, 11) is 0. The number of amides is 2. The van der Waals surface area contributed by atoms with E-state index in [1.165, 1.54) is 12.5 Å². The second-order valence-electron chi connectivity index (χ2n) is 4.78. The van der Waals surface area contributed by atoms with Crippen molar-refractivity contribution < 1.29 is 18.7 Å². The molecule has 0 spiro atoms. The van der Waals surface area contributed by atoms with Crippen LogP contribution in [0.25, 0.3) is 0 Å². The van der Waals surface area contributed by atoms with Crippen molar-refractivity contribution in [1.29, 1.82) is 0 Å². The smallest absolute Gasteiger partial charge is 0.259 e. The normalized spacial score (nSPS) is 10.6. The molecule has 8 heteroatoms. The van der Waals surface area contributed by atoms with E-state index in [0.717, 1.165) is 5.56 Å². The number of carbonyl (C=O) groups excluding carboxylic acids is 2. The maximum absolute atomic E-state index is 11.7. The van der Waals surface area contributed by atoms with Gasteiger partial charge in [0.05, 0.1) is 19.0 Å². The fourth-order valence-electron chi connectivity index (χ4n) is 1.72. The Morgan fingerprint density at radius 2 is 2.17 bits per heavy atom. The molecule has 1 aromatic heterocycles. The zero-order valence-corrected chi connectivity index (χ0v) is 13.7. The number of rotatable bonds is 7. The minimum atomic E-state index is -0.464. The molecule has 7 nitrogen and oxygen atoms in total. The minimum absolute atomic E-state index is 0.203. The first-order valence-electron chi connectivity index (χ1n) is 7.05. The molecule has 0 saturated carbocycles. The number of hydrogen-bond donors (Lipinski definition) is 2. The van der Waals surface area contributed by atoms with Crippen LogP contribution in [0.3, 0.4) is 0 Å². The summed E-state index contributed by atoms with van der Waals surface area (Å²) in [5, 5.41) is 6.71. The zero-order valence-electron chi connectivity index (χ0n) is 12.9. The maximum Gasteiger partial charge on any atom is 0.259 e. The lowest BCUT2D eigenvalue weighted by molar-refractivity contribution is -0.127. The number of nitrogens with zero attached hydrogens (tertiary/aromatic N) is 1. The summed E-state index contributed by atoms with van der Waals surface area (Å²) in [4.78, 5) is 23.2. The van der Waals surface area contributed by atoms with Gasteiger partial charge in [0.25, 0.3) is 11.8 Å². The molecule has 2 rings (SSSR count). The average Bonchev–Trinajstić information content (AvgIpc) is 3.05. The first-order chi connectivity index (χ1) is 11.5. The van der Waals surface area contributed by atoms with E-state index in [1.54, 1.807) is 30.3 Å². The molecular weight excluding hydrogens is 334 g/mol.